The van der Waals surface area contributed by atoms with Gasteiger partial charge in [0.1, 0.15) is 4.83 Å². The first-order valence-corrected chi connectivity index (χ1v) is 20.5. The van der Waals surface area contributed by atoms with Crippen LogP contribution in [0.3, 0.4) is 0 Å². The molecule has 11 rings (SSSR count). The highest BCUT2D eigenvalue weighted by Crippen LogP contribution is 2.40. The number of hydrogen-bond acceptors (Lipinski definition) is 5. The van der Waals surface area contributed by atoms with Gasteiger partial charge in [0, 0.05) is 43.1 Å². The lowest BCUT2D eigenvalue weighted by molar-refractivity contribution is 1.23. The van der Waals surface area contributed by atoms with E-state index in [2.05, 4.69) is 182 Å². The second-order valence-electron chi connectivity index (χ2n) is 14.6. The summed E-state index contributed by atoms with van der Waals surface area (Å²) in [6, 6.07) is 72.2. The Bertz CT molecular complexity index is 3340. The lowest BCUT2D eigenvalue weighted by atomic mass is 9.95. The van der Waals surface area contributed by atoms with E-state index in [1.54, 1.807) is 11.3 Å². The minimum atomic E-state index is 0.709. The zero-order chi connectivity index (χ0) is 39.1. The van der Waals surface area contributed by atoms with Crippen LogP contribution in [0.15, 0.2) is 206 Å². The molecular weight excluding hydrogens is 737 g/mol. The van der Waals surface area contributed by atoms with E-state index in [0.717, 1.165) is 94.0 Å². The van der Waals surface area contributed by atoms with Crippen molar-refractivity contribution in [2.45, 2.75) is 0 Å². The molecule has 0 bridgehead atoms. The van der Waals surface area contributed by atoms with Gasteiger partial charge in [-0.3, -0.25) is 0 Å². The minimum absolute atomic E-state index is 0.709. The number of aromatic nitrogens is 4. The molecule has 0 aliphatic carbocycles. The molecule has 0 saturated heterocycles. The van der Waals surface area contributed by atoms with Crippen LogP contribution in [-0.2, 0) is 0 Å². The van der Waals surface area contributed by atoms with E-state index in [4.69, 9.17) is 19.9 Å². The van der Waals surface area contributed by atoms with Crippen molar-refractivity contribution < 1.29 is 0 Å². The number of rotatable bonds is 7. The van der Waals surface area contributed by atoms with Gasteiger partial charge in [-0.25, -0.2) is 19.9 Å². The van der Waals surface area contributed by atoms with Crippen molar-refractivity contribution in [2.75, 3.05) is 0 Å². The molecule has 0 amide bonds. The van der Waals surface area contributed by atoms with Crippen LogP contribution in [0.25, 0.3) is 110 Å². The van der Waals surface area contributed by atoms with Gasteiger partial charge in [-0.1, -0.05) is 170 Å². The van der Waals surface area contributed by atoms with Gasteiger partial charge < -0.3 is 0 Å². The number of fused-ring (bicyclic) bond motifs is 4. The maximum atomic E-state index is 5.25. The molecule has 0 fully saturated rings. The summed E-state index contributed by atoms with van der Waals surface area (Å²) in [6.45, 7) is 0. The Labute approximate surface area is 345 Å². The van der Waals surface area contributed by atoms with E-state index in [-0.39, 0.29) is 0 Å². The number of benzene rings is 8. The van der Waals surface area contributed by atoms with Crippen LogP contribution in [0.2, 0.25) is 0 Å². The summed E-state index contributed by atoms with van der Waals surface area (Å²) in [6.07, 6.45) is 0. The SMILES string of the molecule is c1ccc(-c2nc(-c3cccc(-c4cccc(-c5cccc(-c6cccc(-c7nc(-c8ccccc8)c8c(n7)sc7ccccc78)c6)c5)c4)c3)nc3ccccc23)cc1. The van der Waals surface area contributed by atoms with E-state index < -0.39 is 0 Å². The van der Waals surface area contributed by atoms with E-state index in [1.165, 1.54) is 10.1 Å². The fourth-order valence-corrected chi connectivity index (χ4v) is 9.09. The maximum absolute atomic E-state index is 5.25. The number of hydrogen-bond donors (Lipinski definition) is 0. The van der Waals surface area contributed by atoms with Crippen molar-refractivity contribution in [3.8, 4) is 78.7 Å². The van der Waals surface area contributed by atoms with Crippen LogP contribution in [0, 0.1) is 0 Å². The molecule has 0 atom stereocenters. The first-order chi connectivity index (χ1) is 29.2. The predicted octanol–water partition coefficient (Wildman–Crippen LogP) is 14.5. The minimum Gasteiger partial charge on any atom is -0.228 e. The van der Waals surface area contributed by atoms with E-state index in [1.807, 2.05) is 24.3 Å². The summed E-state index contributed by atoms with van der Waals surface area (Å²) >= 11 is 1.72. The summed E-state index contributed by atoms with van der Waals surface area (Å²) in [4.78, 5) is 21.5. The van der Waals surface area contributed by atoms with Crippen LogP contribution in [0.1, 0.15) is 0 Å². The Morgan fingerprint density at radius 2 is 0.695 bits per heavy atom. The van der Waals surface area contributed by atoms with Crippen molar-refractivity contribution in [2.24, 2.45) is 0 Å². The highest BCUT2D eigenvalue weighted by Gasteiger charge is 2.17. The number of para-hydroxylation sites is 1. The van der Waals surface area contributed by atoms with Crippen LogP contribution in [0.5, 0.6) is 0 Å². The monoisotopic (exact) mass is 770 g/mol. The molecule has 3 heterocycles. The summed E-state index contributed by atoms with van der Waals surface area (Å²) in [5.41, 5.74) is 13.7. The fraction of sp³-hybridized carbons (Fsp3) is 0. The Morgan fingerprint density at radius 1 is 0.288 bits per heavy atom. The molecule has 0 aliphatic rings. The molecule has 0 unspecified atom stereocenters. The quantitative estimate of drug-likeness (QED) is 0.162. The third kappa shape index (κ3) is 6.54. The number of nitrogens with zero attached hydrogens (tertiary/aromatic N) is 4. The lowest BCUT2D eigenvalue weighted by Gasteiger charge is -2.12. The summed E-state index contributed by atoms with van der Waals surface area (Å²) in [5.74, 6) is 1.43. The largest absolute Gasteiger partial charge is 0.228 e. The van der Waals surface area contributed by atoms with Crippen molar-refractivity contribution >= 4 is 42.5 Å². The predicted molar refractivity (Wildman–Crippen MR) is 246 cm³/mol. The fourth-order valence-electron chi connectivity index (χ4n) is 8.01. The molecule has 4 nitrogen and oxygen atoms in total. The van der Waals surface area contributed by atoms with Gasteiger partial charge in [0.25, 0.3) is 0 Å². The van der Waals surface area contributed by atoms with E-state index >= 15 is 0 Å². The Kier molecular flexibility index (Phi) is 8.64. The number of thiophene rings is 1. The Balaban J connectivity index is 0.934. The van der Waals surface area contributed by atoms with Gasteiger partial charge in [0.15, 0.2) is 11.6 Å². The molecule has 0 aliphatic heterocycles. The highest BCUT2D eigenvalue weighted by molar-refractivity contribution is 7.25. The molecule has 0 radical (unpaired) electrons. The van der Waals surface area contributed by atoms with E-state index in [0.29, 0.717) is 5.82 Å². The maximum Gasteiger partial charge on any atom is 0.161 e. The summed E-state index contributed by atoms with van der Waals surface area (Å²) < 4.78 is 1.21. The molecule has 59 heavy (non-hydrogen) atoms. The Hall–Kier alpha value is -7.60. The molecule has 0 spiro atoms. The van der Waals surface area contributed by atoms with Crippen molar-refractivity contribution in [3.63, 3.8) is 0 Å². The zero-order valence-corrected chi connectivity index (χ0v) is 32.6. The molecular formula is C54H34N4S. The molecule has 11 aromatic rings. The Morgan fingerprint density at radius 3 is 1.27 bits per heavy atom. The van der Waals surface area contributed by atoms with E-state index in [9.17, 15) is 0 Å². The van der Waals surface area contributed by atoms with Crippen LogP contribution >= 0.6 is 11.3 Å². The highest BCUT2D eigenvalue weighted by atomic mass is 32.1. The van der Waals surface area contributed by atoms with Gasteiger partial charge in [0.2, 0.25) is 0 Å². The smallest absolute Gasteiger partial charge is 0.161 e. The van der Waals surface area contributed by atoms with Gasteiger partial charge in [-0.15, -0.1) is 11.3 Å². The molecule has 3 aromatic heterocycles. The first kappa shape index (κ1) is 34.6. The lowest BCUT2D eigenvalue weighted by Crippen LogP contribution is -1.95. The van der Waals surface area contributed by atoms with Crippen molar-refractivity contribution in [3.05, 3.63) is 206 Å². The topological polar surface area (TPSA) is 51.6 Å². The second-order valence-corrected chi connectivity index (χ2v) is 15.7. The van der Waals surface area contributed by atoms with Crippen LogP contribution < -0.4 is 0 Å². The molecule has 8 aromatic carbocycles. The second kappa shape index (κ2) is 14.7. The molecule has 276 valence electrons. The first-order valence-electron chi connectivity index (χ1n) is 19.7. The summed E-state index contributed by atoms with van der Waals surface area (Å²) in [7, 11) is 0. The molecule has 0 N–H and O–H groups in total. The van der Waals surface area contributed by atoms with Crippen LogP contribution in [-0.4, -0.2) is 19.9 Å². The van der Waals surface area contributed by atoms with Crippen molar-refractivity contribution in [1.29, 1.82) is 0 Å². The average molecular weight is 771 g/mol. The van der Waals surface area contributed by atoms with Crippen LogP contribution in [0.4, 0.5) is 0 Å². The average Bonchev–Trinajstić information content (AvgIpc) is 3.70. The van der Waals surface area contributed by atoms with Gasteiger partial charge in [-0.2, -0.15) is 0 Å². The molecule has 0 saturated carbocycles. The standard InChI is InChI=1S/C54H34N4S/c1-3-15-35(16-4-1)50-45-27-7-9-29-47(45)55-52(56-50)43-25-13-23-41(33-43)39-21-11-19-37(31-39)38-20-12-22-40(32-38)42-24-14-26-44(34-42)53-57-51(36-17-5-2-6-18-36)49-46-28-8-10-30-48(46)59-54(49)58-53/h1-34H. The summed E-state index contributed by atoms with van der Waals surface area (Å²) in [5, 5.41) is 3.34. The van der Waals surface area contributed by atoms with Gasteiger partial charge >= 0.3 is 0 Å². The zero-order valence-electron chi connectivity index (χ0n) is 31.8. The normalized spacial score (nSPS) is 11.4. The third-order valence-electron chi connectivity index (χ3n) is 10.9. The molecule has 5 heteroatoms. The van der Waals surface area contributed by atoms with Gasteiger partial charge in [-0.05, 0) is 69.8 Å². The third-order valence-corrected chi connectivity index (χ3v) is 12.0. The van der Waals surface area contributed by atoms with Crippen molar-refractivity contribution in [1.82, 2.24) is 19.9 Å². The van der Waals surface area contributed by atoms with Gasteiger partial charge in [0.05, 0.1) is 16.9 Å².